The van der Waals surface area contributed by atoms with Crippen molar-refractivity contribution in [3.63, 3.8) is 0 Å². The highest BCUT2D eigenvalue weighted by atomic mass is 32.2. The van der Waals surface area contributed by atoms with Gasteiger partial charge in [-0.2, -0.15) is 0 Å². The van der Waals surface area contributed by atoms with Gasteiger partial charge in [-0.3, -0.25) is 4.99 Å². The Balaban J connectivity index is 2.03. The second-order valence-corrected chi connectivity index (χ2v) is 8.51. The quantitative estimate of drug-likeness (QED) is 0.369. The van der Waals surface area contributed by atoms with Crippen molar-refractivity contribution in [1.82, 2.24) is 0 Å². The molecule has 2 aromatic rings. The Hall–Kier alpha value is -1.61. The van der Waals surface area contributed by atoms with Crippen molar-refractivity contribution in [3.05, 3.63) is 71.6 Å². The number of aliphatic imine (C=N–C) groups is 1. The van der Waals surface area contributed by atoms with Gasteiger partial charge < -0.3 is 21.1 Å². The van der Waals surface area contributed by atoms with Crippen molar-refractivity contribution in [2.75, 3.05) is 20.3 Å². The van der Waals surface area contributed by atoms with Crippen LogP contribution in [0.4, 0.5) is 0 Å². The average Bonchev–Trinajstić information content (AvgIpc) is 2.73. The maximum atomic E-state index is 10.3. The van der Waals surface area contributed by atoms with Crippen molar-refractivity contribution >= 4 is 28.6 Å². The lowest BCUT2D eigenvalue weighted by Crippen LogP contribution is -2.48. The summed E-state index contributed by atoms with van der Waals surface area (Å²) < 4.78 is 0. The summed E-state index contributed by atoms with van der Waals surface area (Å²) in [4.78, 5) is 6.40. The minimum absolute atomic E-state index is 0.0813. The number of hydrogen-bond donors (Lipinski definition) is 4. The lowest BCUT2D eigenvalue weighted by atomic mass is 9.92. The third kappa shape index (κ3) is 6.20. The van der Waals surface area contributed by atoms with Crippen molar-refractivity contribution < 1.29 is 15.3 Å². The molecule has 0 fully saturated rings. The molecular formula is C21H26N2O3S2. The van der Waals surface area contributed by atoms with E-state index in [2.05, 4.69) is 11.6 Å². The summed E-state index contributed by atoms with van der Waals surface area (Å²) in [6.07, 6.45) is -0.769. The fourth-order valence-electron chi connectivity index (χ4n) is 2.57. The summed E-state index contributed by atoms with van der Waals surface area (Å²) in [5, 5.41) is 31.6. The van der Waals surface area contributed by atoms with Gasteiger partial charge in [0, 0.05) is 22.4 Å². The highest BCUT2D eigenvalue weighted by molar-refractivity contribution is 8.16. The molecule has 28 heavy (non-hydrogen) atoms. The first kappa shape index (κ1) is 22.7. The summed E-state index contributed by atoms with van der Waals surface area (Å²) in [5.74, 6) is 0. The maximum absolute atomic E-state index is 10.3. The van der Waals surface area contributed by atoms with Crippen molar-refractivity contribution in [2.45, 2.75) is 27.9 Å². The van der Waals surface area contributed by atoms with Gasteiger partial charge >= 0.3 is 0 Å². The number of nitrogens with zero attached hydrogens (tertiary/aromatic N) is 1. The predicted octanol–water partition coefficient (Wildman–Crippen LogP) is 3.20. The Kier molecular flexibility index (Phi) is 8.75. The fraction of sp³-hybridized carbons (Fsp3) is 0.286. The Morgan fingerprint density at radius 2 is 1.64 bits per heavy atom. The van der Waals surface area contributed by atoms with Gasteiger partial charge in [0.1, 0.15) is 5.04 Å². The van der Waals surface area contributed by atoms with Gasteiger partial charge in [-0.25, -0.2) is 0 Å². The SMILES string of the molecule is C=CSC(=NC)c1ccc(Sc2ccc(C(O)CC(N)(CO)CO)cc2)cc1. The van der Waals surface area contributed by atoms with Crippen LogP contribution >= 0.6 is 23.5 Å². The number of aliphatic hydroxyl groups is 3. The van der Waals surface area contributed by atoms with Crippen LogP contribution in [-0.2, 0) is 0 Å². The van der Waals surface area contributed by atoms with Crippen LogP contribution < -0.4 is 5.73 Å². The van der Waals surface area contributed by atoms with Crippen molar-refractivity contribution in [2.24, 2.45) is 10.7 Å². The smallest absolute Gasteiger partial charge is 0.101 e. The molecule has 0 aliphatic heterocycles. The van der Waals surface area contributed by atoms with Gasteiger partial charge in [0.05, 0.1) is 24.9 Å². The van der Waals surface area contributed by atoms with E-state index in [4.69, 9.17) is 5.73 Å². The molecule has 0 aliphatic rings. The largest absolute Gasteiger partial charge is 0.394 e. The normalized spacial score (nSPS) is 13.4. The minimum atomic E-state index is -1.20. The van der Waals surface area contributed by atoms with Crippen LogP contribution in [0.2, 0.25) is 0 Å². The van der Waals surface area contributed by atoms with Gasteiger partial charge in [0.2, 0.25) is 0 Å². The molecule has 0 bridgehead atoms. The van der Waals surface area contributed by atoms with Crippen LogP contribution in [-0.4, -0.2) is 46.2 Å². The molecule has 150 valence electrons. The second kappa shape index (κ2) is 10.8. The highest BCUT2D eigenvalue weighted by Gasteiger charge is 2.27. The summed E-state index contributed by atoms with van der Waals surface area (Å²) in [7, 11) is 1.76. The molecule has 2 rings (SSSR count). The molecule has 0 aromatic heterocycles. The van der Waals surface area contributed by atoms with Crippen LogP contribution in [0.3, 0.4) is 0 Å². The molecule has 5 N–H and O–H groups in total. The molecule has 2 aromatic carbocycles. The third-order valence-electron chi connectivity index (χ3n) is 4.23. The van der Waals surface area contributed by atoms with Crippen LogP contribution in [0.25, 0.3) is 0 Å². The van der Waals surface area contributed by atoms with E-state index < -0.39 is 11.6 Å². The molecule has 0 saturated carbocycles. The summed E-state index contributed by atoms with van der Waals surface area (Å²) in [5.41, 5.74) is 6.40. The summed E-state index contributed by atoms with van der Waals surface area (Å²) >= 11 is 3.11. The van der Waals surface area contributed by atoms with E-state index in [9.17, 15) is 15.3 Å². The first-order valence-corrected chi connectivity index (χ1v) is 10.5. The molecule has 7 heteroatoms. The lowest BCUT2D eigenvalue weighted by Gasteiger charge is -2.27. The topological polar surface area (TPSA) is 99.1 Å². The molecule has 5 nitrogen and oxygen atoms in total. The van der Waals surface area contributed by atoms with Gasteiger partial charge in [0.15, 0.2) is 0 Å². The van der Waals surface area contributed by atoms with Gasteiger partial charge in [-0.1, -0.05) is 54.4 Å². The molecule has 1 unspecified atom stereocenters. The number of aliphatic hydroxyl groups excluding tert-OH is 3. The highest BCUT2D eigenvalue weighted by Crippen LogP contribution is 2.30. The Morgan fingerprint density at radius 1 is 1.11 bits per heavy atom. The van der Waals surface area contributed by atoms with Crippen molar-refractivity contribution in [3.8, 4) is 0 Å². The summed E-state index contributed by atoms with van der Waals surface area (Å²) in [6.45, 7) is 2.95. The molecular weight excluding hydrogens is 392 g/mol. The zero-order valence-electron chi connectivity index (χ0n) is 15.8. The maximum Gasteiger partial charge on any atom is 0.101 e. The fourth-order valence-corrected chi connectivity index (χ4v) is 3.92. The zero-order chi connectivity index (χ0) is 20.6. The van der Waals surface area contributed by atoms with Gasteiger partial charge in [-0.05, 0) is 41.7 Å². The van der Waals surface area contributed by atoms with Gasteiger partial charge in [0.25, 0.3) is 0 Å². The molecule has 1 atom stereocenters. The summed E-state index contributed by atoms with van der Waals surface area (Å²) in [6, 6.07) is 15.7. The zero-order valence-corrected chi connectivity index (χ0v) is 17.4. The molecule has 0 saturated heterocycles. The van der Waals surface area contributed by atoms with E-state index >= 15 is 0 Å². The van der Waals surface area contributed by atoms with Crippen LogP contribution in [0.15, 0.2) is 75.3 Å². The van der Waals surface area contributed by atoms with E-state index in [1.165, 1.54) is 11.8 Å². The first-order valence-electron chi connectivity index (χ1n) is 8.76. The van der Waals surface area contributed by atoms with Crippen LogP contribution in [0.1, 0.15) is 23.7 Å². The number of rotatable bonds is 9. The van der Waals surface area contributed by atoms with E-state index in [1.807, 2.05) is 48.5 Å². The lowest BCUT2D eigenvalue weighted by molar-refractivity contribution is 0.0618. The second-order valence-electron chi connectivity index (χ2n) is 6.41. The Morgan fingerprint density at radius 3 is 2.11 bits per heavy atom. The molecule has 0 heterocycles. The number of benzene rings is 2. The Labute approximate surface area is 174 Å². The monoisotopic (exact) mass is 418 g/mol. The minimum Gasteiger partial charge on any atom is -0.394 e. The van der Waals surface area contributed by atoms with Crippen molar-refractivity contribution in [1.29, 1.82) is 0 Å². The number of nitrogens with two attached hydrogens (primary N) is 1. The first-order chi connectivity index (χ1) is 13.4. The predicted molar refractivity (Wildman–Crippen MR) is 118 cm³/mol. The standard InChI is InChI=1S/C21H26N2O3S2/c1-3-27-20(23-2)16-6-10-18(11-7-16)28-17-8-4-15(5-9-17)19(26)12-21(22,13-24)14-25/h3-11,19,24-26H,1,12-14,22H2,2H3. The van der Waals surface area contributed by atoms with E-state index in [1.54, 1.807) is 24.2 Å². The number of thioether (sulfide) groups is 1. The molecule has 0 amide bonds. The number of hydrogen-bond acceptors (Lipinski definition) is 7. The van der Waals surface area contributed by atoms with Crippen LogP contribution in [0, 0.1) is 0 Å². The molecule has 0 aliphatic carbocycles. The average molecular weight is 419 g/mol. The van der Waals surface area contributed by atoms with E-state index in [0.29, 0.717) is 5.56 Å². The molecule has 0 radical (unpaired) electrons. The van der Waals surface area contributed by atoms with E-state index in [-0.39, 0.29) is 19.6 Å². The Bertz CT molecular complexity index is 788. The van der Waals surface area contributed by atoms with Crippen LogP contribution in [0.5, 0.6) is 0 Å². The molecule has 0 spiro atoms. The van der Waals surface area contributed by atoms with Gasteiger partial charge in [-0.15, -0.1) is 0 Å². The third-order valence-corrected chi connectivity index (χ3v) is 6.05. The van der Waals surface area contributed by atoms with E-state index in [0.717, 1.165) is 20.4 Å².